The minimum absolute atomic E-state index is 0.324. The molecule has 0 rings (SSSR count). The molecular weight excluding hydrogens is 108 g/mol. The van der Waals surface area contributed by atoms with Crippen LogP contribution in [0.4, 0.5) is 0 Å². The van der Waals surface area contributed by atoms with E-state index in [1.807, 2.05) is 0 Å². The summed E-state index contributed by atoms with van der Waals surface area (Å²) in [5.41, 5.74) is 0. The van der Waals surface area contributed by atoms with Crippen molar-refractivity contribution in [2.24, 2.45) is 11.7 Å². The molecule has 4 nitrogen and oxygen atoms in total. The van der Waals surface area contributed by atoms with Crippen LogP contribution in [0.3, 0.4) is 0 Å². The van der Waals surface area contributed by atoms with Crippen LogP contribution in [0.2, 0.25) is 0 Å². The van der Waals surface area contributed by atoms with Gasteiger partial charge in [-0.3, -0.25) is 11.7 Å². The lowest BCUT2D eigenvalue weighted by Crippen LogP contribution is -2.07. The topological polar surface area (TPSA) is 81.5 Å². The van der Waals surface area contributed by atoms with Crippen molar-refractivity contribution >= 4 is 0 Å². The van der Waals surface area contributed by atoms with E-state index in [0.717, 1.165) is 0 Å². The average molecular weight is 122 g/mol. The number of hydrazine groups is 1. The monoisotopic (exact) mass is 122 g/mol. The van der Waals surface area contributed by atoms with Crippen LogP contribution in [0.1, 0.15) is 6.92 Å². The molecule has 8 heavy (non-hydrogen) atoms. The molecule has 0 fully saturated rings. The third kappa shape index (κ3) is 17.0. The van der Waals surface area contributed by atoms with Crippen LogP contribution in [-0.4, -0.2) is 24.9 Å². The van der Waals surface area contributed by atoms with Crippen molar-refractivity contribution in [2.75, 3.05) is 13.7 Å². The summed E-state index contributed by atoms with van der Waals surface area (Å²) in [4.78, 5) is 0. The van der Waals surface area contributed by atoms with E-state index >= 15 is 0 Å². The van der Waals surface area contributed by atoms with Crippen LogP contribution in [0.25, 0.3) is 0 Å². The molecule has 0 radical (unpaired) electrons. The summed E-state index contributed by atoms with van der Waals surface area (Å²) in [6.45, 7) is 2.11. The summed E-state index contributed by atoms with van der Waals surface area (Å²) < 4.78 is 4.55. The largest absolute Gasteiger partial charge is 0.391 e. The van der Waals surface area contributed by atoms with E-state index in [0.29, 0.717) is 6.61 Å². The first-order chi connectivity index (χ1) is 3.77. The van der Waals surface area contributed by atoms with Crippen molar-refractivity contribution < 1.29 is 9.84 Å². The number of ether oxygens (including phenoxy) is 1. The normalized spacial score (nSPS) is 11.6. The lowest BCUT2D eigenvalue weighted by Gasteiger charge is -1.97. The fourth-order valence-electron chi connectivity index (χ4n) is 0.241. The number of aliphatic hydroxyl groups excluding tert-OH is 1. The summed E-state index contributed by atoms with van der Waals surface area (Å²) in [6.07, 6.45) is -0.324. The molecule has 5 N–H and O–H groups in total. The standard InChI is InChI=1S/C4H10O2.H4N2/c1-4(5)3-6-2;1-2/h4-5H,3H2,1-2H3;1-2H2. The van der Waals surface area contributed by atoms with E-state index in [4.69, 9.17) is 5.11 Å². The van der Waals surface area contributed by atoms with Gasteiger partial charge in [-0.15, -0.1) is 0 Å². The molecule has 0 amide bonds. The first-order valence-corrected chi connectivity index (χ1v) is 2.27. The third-order valence-corrected chi connectivity index (χ3v) is 0.408. The average Bonchev–Trinajstić information content (AvgIpc) is 1.72. The van der Waals surface area contributed by atoms with E-state index in [-0.39, 0.29) is 6.10 Å². The summed E-state index contributed by atoms with van der Waals surface area (Å²) >= 11 is 0. The lowest BCUT2D eigenvalue weighted by atomic mass is 10.5. The van der Waals surface area contributed by atoms with Crippen LogP contribution in [-0.2, 0) is 4.74 Å². The van der Waals surface area contributed by atoms with Crippen LogP contribution in [0.15, 0.2) is 0 Å². The maximum absolute atomic E-state index is 8.43. The van der Waals surface area contributed by atoms with Gasteiger partial charge in [0.1, 0.15) is 0 Å². The molecule has 0 saturated heterocycles. The summed E-state index contributed by atoms with van der Waals surface area (Å²) in [5.74, 6) is 8.00. The zero-order valence-electron chi connectivity index (χ0n) is 5.29. The highest BCUT2D eigenvalue weighted by molar-refractivity contribution is 4.36. The highest BCUT2D eigenvalue weighted by atomic mass is 16.5. The Kier molecular flexibility index (Phi) is 13.4. The summed E-state index contributed by atoms with van der Waals surface area (Å²) in [7, 11) is 1.56. The van der Waals surface area contributed by atoms with Crippen LogP contribution in [0, 0.1) is 0 Å². The molecule has 4 heteroatoms. The van der Waals surface area contributed by atoms with Gasteiger partial charge in [-0.05, 0) is 6.92 Å². The molecule has 52 valence electrons. The van der Waals surface area contributed by atoms with E-state index in [1.54, 1.807) is 14.0 Å². The predicted molar refractivity (Wildman–Crippen MR) is 31.9 cm³/mol. The van der Waals surface area contributed by atoms with Crippen LogP contribution < -0.4 is 11.7 Å². The van der Waals surface area contributed by atoms with Gasteiger partial charge in [0.25, 0.3) is 0 Å². The molecule has 1 atom stereocenters. The fourth-order valence-corrected chi connectivity index (χ4v) is 0.241. The smallest absolute Gasteiger partial charge is 0.0745 e. The quantitative estimate of drug-likeness (QED) is 0.318. The summed E-state index contributed by atoms with van der Waals surface area (Å²) in [5, 5.41) is 8.43. The van der Waals surface area contributed by atoms with Gasteiger partial charge in [0, 0.05) is 7.11 Å². The van der Waals surface area contributed by atoms with E-state index < -0.39 is 0 Å². The second kappa shape index (κ2) is 9.96. The molecule has 0 spiro atoms. The van der Waals surface area contributed by atoms with Gasteiger partial charge in [0.15, 0.2) is 0 Å². The van der Waals surface area contributed by atoms with Gasteiger partial charge < -0.3 is 9.84 Å². The van der Waals surface area contributed by atoms with Crippen molar-refractivity contribution in [3.63, 3.8) is 0 Å². The minimum atomic E-state index is -0.324. The number of hydrogen-bond acceptors (Lipinski definition) is 4. The Hall–Kier alpha value is -0.160. The Bertz CT molecular complexity index is 33.2. The zero-order chi connectivity index (χ0) is 6.99. The molecule has 0 aromatic carbocycles. The van der Waals surface area contributed by atoms with Crippen LogP contribution in [0.5, 0.6) is 0 Å². The number of nitrogens with two attached hydrogens (primary N) is 2. The van der Waals surface area contributed by atoms with Gasteiger partial charge in [-0.2, -0.15) is 0 Å². The highest BCUT2D eigenvalue weighted by Gasteiger charge is 1.87. The molecular formula is C4H14N2O2. The molecule has 0 saturated carbocycles. The SMILES string of the molecule is COCC(C)O.NN. The predicted octanol–water partition coefficient (Wildman–Crippen LogP) is -1.17. The van der Waals surface area contributed by atoms with E-state index in [1.165, 1.54) is 0 Å². The van der Waals surface area contributed by atoms with Gasteiger partial charge in [0.2, 0.25) is 0 Å². The maximum Gasteiger partial charge on any atom is 0.0745 e. The van der Waals surface area contributed by atoms with Crippen molar-refractivity contribution in [3.05, 3.63) is 0 Å². The molecule has 0 aliphatic heterocycles. The Balaban J connectivity index is 0. The minimum Gasteiger partial charge on any atom is -0.391 e. The van der Waals surface area contributed by atoms with E-state index in [2.05, 4.69) is 16.4 Å². The first kappa shape index (κ1) is 10.8. The highest BCUT2D eigenvalue weighted by Crippen LogP contribution is 1.75. The van der Waals surface area contributed by atoms with Crippen molar-refractivity contribution in [1.82, 2.24) is 0 Å². The Labute approximate surface area is 49.4 Å². The molecule has 0 bridgehead atoms. The number of aliphatic hydroxyl groups is 1. The molecule has 0 aromatic rings. The second-order valence-electron chi connectivity index (χ2n) is 1.30. The zero-order valence-corrected chi connectivity index (χ0v) is 5.29. The Morgan fingerprint density at radius 1 is 1.62 bits per heavy atom. The van der Waals surface area contributed by atoms with Gasteiger partial charge in [0.05, 0.1) is 12.7 Å². The fraction of sp³-hybridized carbons (Fsp3) is 1.00. The molecule has 1 unspecified atom stereocenters. The second-order valence-corrected chi connectivity index (χ2v) is 1.30. The number of methoxy groups -OCH3 is 1. The lowest BCUT2D eigenvalue weighted by molar-refractivity contribution is 0.0765. The van der Waals surface area contributed by atoms with Gasteiger partial charge >= 0.3 is 0 Å². The number of rotatable bonds is 2. The Morgan fingerprint density at radius 2 is 2.00 bits per heavy atom. The van der Waals surface area contributed by atoms with Gasteiger partial charge in [-0.25, -0.2) is 0 Å². The van der Waals surface area contributed by atoms with Crippen molar-refractivity contribution in [2.45, 2.75) is 13.0 Å². The summed E-state index contributed by atoms with van der Waals surface area (Å²) in [6, 6.07) is 0. The van der Waals surface area contributed by atoms with Crippen molar-refractivity contribution in [3.8, 4) is 0 Å². The maximum atomic E-state index is 8.43. The third-order valence-electron chi connectivity index (χ3n) is 0.408. The van der Waals surface area contributed by atoms with Gasteiger partial charge in [-0.1, -0.05) is 0 Å². The molecule has 0 aliphatic carbocycles. The molecule has 0 aliphatic rings. The van der Waals surface area contributed by atoms with Crippen LogP contribution >= 0.6 is 0 Å². The molecule has 0 aromatic heterocycles. The van der Waals surface area contributed by atoms with Crippen molar-refractivity contribution in [1.29, 1.82) is 0 Å². The first-order valence-electron chi connectivity index (χ1n) is 2.27. The number of hydrogen-bond donors (Lipinski definition) is 3. The van der Waals surface area contributed by atoms with E-state index in [9.17, 15) is 0 Å². The Morgan fingerprint density at radius 3 is 2.00 bits per heavy atom. The molecule has 0 heterocycles.